The SMILES string of the molecule is CCCn1ncc(OC)c1C(N)c1ccc(C)cc1OC. The third kappa shape index (κ3) is 3.03. The molecule has 21 heavy (non-hydrogen) atoms. The maximum Gasteiger partial charge on any atom is 0.161 e. The Kier molecular flexibility index (Phi) is 4.85. The van der Waals surface area contributed by atoms with Gasteiger partial charge in [0.15, 0.2) is 5.75 Å². The lowest BCUT2D eigenvalue weighted by Gasteiger charge is -2.19. The summed E-state index contributed by atoms with van der Waals surface area (Å²) >= 11 is 0. The normalized spacial score (nSPS) is 12.2. The van der Waals surface area contributed by atoms with Crippen molar-refractivity contribution in [1.29, 1.82) is 0 Å². The van der Waals surface area contributed by atoms with Crippen LogP contribution in [-0.4, -0.2) is 24.0 Å². The minimum atomic E-state index is -0.343. The van der Waals surface area contributed by atoms with Gasteiger partial charge >= 0.3 is 0 Å². The van der Waals surface area contributed by atoms with Gasteiger partial charge in [0.25, 0.3) is 0 Å². The number of aryl methyl sites for hydroxylation is 2. The van der Waals surface area contributed by atoms with Crippen LogP contribution in [0.25, 0.3) is 0 Å². The van der Waals surface area contributed by atoms with Crippen molar-refractivity contribution >= 4 is 0 Å². The zero-order valence-corrected chi connectivity index (χ0v) is 13.1. The Morgan fingerprint density at radius 3 is 2.57 bits per heavy atom. The molecule has 0 bridgehead atoms. The molecule has 0 fully saturated rings. The van der Waals surface area contributed by atoms with Crippen LogP contribution in [0.5, 0.6) is 11.5 Å². The zero-order chi connectivity index (χ0) is 15.4. The monoisotopic (exact) mass is 289 g/mol. The van der Waals surface area contributed by atoms with E-state index < -0.39 is 0 Å². The van der Waals surface area contributed by atoms with Gasteiger partial charge in [0, 0.05) is 12.1 Å². The van der Waals surface area contributed by atoms with Gasteiger partial charge in [-0.05, 0) is 25.0 Å². The van der Waals surface area contributed by atoms with Crippen molar-refractivity contribution in [1.82, 2.24) is 9.78 Å². The molecule has 0 spiro atoms. The quantitative estimate of drug-likeness (QED) is 0.888. The second-order valence-electron chi connectivity index (χ2n) is 5.04. The van der Waals surface area contributed by atoms with Gasteiger partial charge in [0.05, 0.1) is 26.5 Å². The number of rotatable bonds is 6. The van der Waals surface area contributed by atoms with Crippen molar-refractivity contribution in [2.24, 2.45) is 5.73 Å². The summed E-state index contributed by atoms with van der Waals surface area (Å²) in [5.74, 6) is 1.49. The van der Waals surface area contributed by atoms with Crippen molar-refractivity contribution in [2.75, 3.05) is 14.2 Å². The van der Waals surface area contributed by atoms with Crippen LogP contribution in [0, 0.1) is 6.92 Å². The highest BCUT2D eigenvalue weighted by molar-refractivity contribution is 5.45. The van der Waals surface area contributed by atoms with Crippen molar-refractivity contribution in [2.45, 2.75) is 32.9 Å². The van der Waals surface area contributed by atoms with Gasteiger partial charge in [0.1, 0.15) is 11.4 Å². The molecule has 2 aromatic rings. The fraction of sp³-hybridized carbons (Fsp3) is 0.438. The molecule has 114 valence electrons. The van der Waals surface area contributed by atoms with E-state index in [1.807, 2.05) is 29.8 Å². The Bertz CT molecular complexity index is 608. The maximum atomic E-state index is 6.47. The highest BCUT2D eigenvalue weighted by atomic mass is 16.5. The first kappa shape index (κ1) is 15.4. The summed E-state index contributed by atoms with van der Waals surface area (Å²) in [6.45, 7) is 4.94. The van der Waals surface area contributed by atoms with Crippen LogP contribution in [0.15, 0.2) is 24.4 Å². The molecule has 1 unspecified atom stereocenters. The van der Waals surface area contributed by atoms with Crippen LogP contribution in [0.4, 0.5) is 0 Å². The lowest BCUT2D eigenvalue weighted by molar-refractivity contribution is 0.396. The molecule has 0 saturated heterocycles. The van der Waals surface area contributed by atoms with Crippen LogP contribution in [0.2, 0.25) is 0 Å². The summed E-state index contributed by atoms with van der Waals surface area (Å²) in [4.78, 5) is 0. The Morgan fingerprint density at radius 1 is 1.24 bits per heavy atom. The fourth-order valence-electron chi connectivity index (χ4n) is 2.46. The number of nitrogens with zero attached hydrogens (tertiary/aromatic N) is 2. The van der Waals surface area contributed by atoms with Gasteiger partial charge in [-0.3, -0.25) is 4.68 Å². The number of hydrogen-bond acceptors (Lipinski definition) is 4. The van der Waals surface area contributed by atoms with E-state index in [9.17, 15) is 0 Å². The Morgan fingerprint density at radius 2 is 1.95 bits per heavy atom. The van der Waals surface area contributed by atoms with Crippen LogP contribution in [0.1, 0.15) is 36.2 Å². The van der Waals surface area contributed by atoms with Crippen molar-refractivity contribution in [3.05, 3.63) is 41.2 Å². The Labute approximate surface area is 125 Å². The number of benzene rings is 1. The molecule has 2 N–H and O–H groups in total. The molecule has 1 atom stereocenters. The van der Waals surface area contributed by atoms with Crippen LogP contribution in [-0.2, 0) is 6.54 Å². The summed E-state index contributed by atoms with van der Waals surface area (Å²) in [7, 11) is 3.29. The van der Waals surface area contributed by atoms with E-state index in [2.05, 4.69) is 12.0 Å². The average Bonchev–Trinajstić information content (AvgIpc) is 2.89. The van der Waals surface area contributed by atoms with Crippen molar-refractivity contribution < 1.29 is 9.47 Å². The molecular weight excluding hydrogens is 266 g/mol. The molecule has 2 rings (SSSR count). The summed E-state index contributed by atoms with van der Waals surface area (Å²) in [6.07, 6.45) is 2.70. The third-order valence-electron chi connectivity index (χ3n) is 3.52. The number of aromatic nitrogens is 2. The molecule has 0 radical (unpaired) electrons. The molecule has 1 aromatic heterocycles. The summed E-state index contributed by atoms with van der Waals surface area (Å²) in [6, 6.07) is 5.68. The van der Waals surface area contributed by atoms with Crippen molar-refractivity contribution in [3.8, 4) is 11.5 Å². The van der Waals surface area contributed by atoms with E-state index in [4.69, 9.17) is 15.2 Å². The summed E-state index contributed by atoms with van der Waals surface area (Å²) < 4.78 is 12.8. The summed E-state index contributed by atoms with van der Waals surface area (Å²) in [5, 5.41) is 4.37. The van der Waals surface area contributed by atoms with E-state index >= 15 is 0 Å². The Hall–Kier alpha value is -2.01. The largest absolute Gasteiger partial charge is 0.496 e. The van der Waals surface area contributed by atoms with Gasteiger partial charge in [-0.2, -0.15) is 5.10 Å². The van der Waals surface area contributed by atoms with Crippen LogP contribution >= 0.6 is 0 Å². The van der Waals surface area contributed by atoms with Gasteiger partial charge < -0.3 is 15.2 Å². The Balaban J connectivity index is 2.48. The number of nitrogens with two attached hydrogens (primary N) is 1. The lowest BCUT2D eigenvalue weighted by atomic mass is 10.0. The molecule has 0 aliphatic heterocycles. The van der Waals surface area contributed by atoms with Gasteiger partial charge in [-0.1, -0.05) is 19.1 Å². The second-order valence-corrected chi connectivity index (χ2v) is 5.04. The minimum Gasteiger partial charge on any atom is -0.496 e. The number of hydrogen-bond donors (Lipinski definition) is 1. The molecule has 1 heterocycles. The van der Waals surface area contributed by atoms with Gasteiger partial charge in [-0.15, -0.1) is 0 Å². The second kappa shape index (κ2) is 6.63. The summed E-state index contributed by atoms with van der Waals surface area (Å²) in [5.41, 5.74) is 9.42. The van der Waals surface area contributed by atoms with E-state index in [-0.39, 0.29) is 6.04 Å². The predicted molar refractivity (Wildman–Crippen MR) is 82.8 cm³/mol. The minimum absolute atomic E-state index is 0.343. The third-order valence-corrected chi connectivity index (χ3v) is 3.52. The predicted octanol–water partition coefficient (Wildman–Crippen LogP) is 2.67. The highest BCUT2D eigenvalue weighted by Crippen LogP contribution is 2.33. The molecule has 5 heteroatoms. The van der Waals surface area contributed by atoms with E-state index in [1.54, 1.807) is 20.4 Å². The van der Waals surface area contributed by atoms with Crippen LogP contribution in [0.3, 0.4) is 0 Å². The molecule has 1 aromatic carbocycles. The van der Waals surface area contributed by atoms with Crippen LogP contribution < -0.4 is 15.2 Å². The van der Waals surface area contributed by atoms with Crippen molar-refractivity contribution in [3.63, 3.8) is 0 Å². The first-order valence-corrected chi connectivity index (χ1v) is 7.12. The van der Waals surface area contributed by atoms with E-state index in [1.165, 1.54) is 0 Å². The highest BCUT2D eigenvalue weighted by Gasteiger charge is 2.22. The average molecular weight is 289 g/mol. The topological polar surface area (TPSA) is 62.3 Å². The number of ether oxygens (including phenoxy) is 2. The standard InChI is InChI=1S/C16H23N3O2/c1-5-8-19-16(14(21-4)10-18-19)15(17)12-7-6-11(2)9-13(12)20-3/h6-7,9-10,15H,5,8,17H2,1-4H3. The first-order valence-electron chi connectivity index (χ1n) is 7.12. The molecular formula is C16H23N3O2. The van der Waals surface area contributed by atoms with Gasteiger partial charge in [0.2, 0.25) is 0 Å². The fourth-order valence-corrected chi connectivity index (χ4v) is 2.46. The molecule has 0 saturated carbocycles. The zero-order valence-electron chi connectivity index (χ0n) is 13.1. The van der Waals surface area contributed by atoms with E-state index in [0.717, 1.165) is 35.5 Å². The molecule has 0 aliphatic rings. The first-order chi connectivity index (χ1) is 10.1. The number of methoxy groups -OCH3 is 2. The molecule has 0 amide bonds. The molecule has 0 aliphatic carbocycles. The maximum absolute atomic E-state index is 6.47. The smallest absolute Gasteiger partial charge is 0.161 e. The lowest BCUT2D eigenvalue weighted by Crippen LogP contribution is -2.19. The van der Waals surface area contributed by atoms with Gasteiger partial charge in [-0.25, -0.2) is 0 Å². The van der Waals surface area contributed by atoms with E-state index in [0.29, 0.717) is 5.75 Å². The molecule has 5 nitrogen and oxygen atoms in total.